The van der Waals surface area contributed by atoms with Crippen LogP contribution in [0, 0.1) is 0 Å². The molecule has 0 saturated carbocycles. The summed E-state index contributed by atoms with van der Waals surface area (Å²) in [6, 6.07) is 8.63. The Hall–Kier alpha value is -1.57. The molecule has 0 aliphatic carbocycles. The molecule has 0 atom stereocenters. The molecule has 0 aromatic heterocycles. The molecule has 0 radical (unpaired) electrons. The fraction of sp³-hybridized carbons (Fsp3) is 0.471. The summed E-state index contributed by atoms with van der Waals surface area (Å²) in [7, 11) is 0. The monoisotopic (exact) mass is 259 g/mol. The second-order valence-corrected chi connectivity index (χ2v) is 5.37. The largest absolute Gasteiger partial charge is 0.372 e. The molecule has 0 spiro atoms. The number of ketones is 1. The molecule has 0 N–H and O–H groups in total. The Bertz CT molecular complexity index is 421. The van der Waals surface area contributed by atoms with Crippen LogP contribution in [0.4, 0.5) is 0 Å². The van der Waals surface area contributed by atoms with Gasteiger partial charge in [0.05, 0.1) is 0 Å². The van der Waals surface area contributed by atoms with Gasteiger partial charge in [-0.05, 0) is 39.7 Å². The Balaban J connectivity index is 2.77. The van der Waals surface area contributed by atoms with E-state index in [2.05, 4.69) is 39.5 Å². The van der Waals surface area contributed by atoms with E-state index in [-0.39, 0.29) is 5.78 Å². The molecule has 2 nitrogen and oxygen atoms in total. The maximum atomic E-state index is 12.1. The van der Waals surface area contributed by atoms with Gasteiger partial charge in [-0.15, -0.1) is 0 Å². The predicted molar refractivity (Wildman–Crippen MR) is 81.4 cm³/mol. The normalized spacial score (nSPS) is 11.5. The van der Waals surface area contributed by atoms with E-state index in [9.17, 15) is 4.79 Å². The summed E-state index contributed by atoms with van der Waals surface area (Å²) in [6.07, 6.45) is 4.57. The van der Waals surface area contributed by atoms with Crippen molar-refractivity contribution >= 4 is 5.78 Å². The Morgan fingerprint density at radius 1 is 1.11 bits per heavy atom. The second-order valence-electron chi connectivity index (χ2n) is 5.37. The predicted octanol–water partition coefficient (Wildman–Crippen LogP) is 4.06. The van der Waals surface area contributed by atoms with E-state index in [1.165, 1.54) is 5.56 Å². The standard InChI is InChI=1S/C17H25NO/c1-6-15-7-9-16(10-8-15)17(19)11-12-18(13(2)3)14(4)5/h7-14H,6H2,1-5H3/b12-11+. The van der Waals surface area contributed by atoms with Gasteiger partial charge < -0.3 is 4.90 Å². The average Bonchev–Trinajstić information content (AvgIpc) is 2.38. The van der Waals surface area contributed by atoms with Crippen LogP contribution < -0.4 is 0 Å². The zero-order valence-electron chi connectivity index (χ0n) is 12.7. The van der Waals surface area contributed by atoms with Crippen molar-refractivity contribution in [3.63, 3.8) is 0 Å². The van der Waals surface area contributed by atoms with Gasteiger partial charge in [-0.1, -0.05) is 31.2 Å². The number of nitrogens with zero attached hydrogens (tertiary/aromatic N) is 1. The molecule has 0 aliphatic heterocycles. The van der Waals surface area contributed by atoms with Crippen molar-refractivity contribution < 1.29 is 4.79 Å². The summed E-state index contributed by atoms with van der Waals surface area (Å²) in [5.74, 6) is 0.0638. The Kier molecular flexibility index (Phi) is 5.81. The third kappa shape index (κ3) is 4.55. The van der Waals surface area contributed by atoms with Gasteiger partial charge in [0.25, 0.3) is 0 Å². The summed E-state index contributed by atoms with van der Waals surface area (Å²) < 4.78 is 0. The minimum atomic E-state index is 0.0638. The van der Waals surface area contributed by atoms with Crippen LogP contribution in [0.2, 0.25) is 0 Å². The Labute approximate surface area is 117 Å². The summed E-state index contributed by atoms with van der Waals surface area (Å²) >= 11 is 0. The van der Waals surface area contributed by atoms with Crippen LogP contribution in [0.3, 0.4) is 0 Å². The molecule has 0 fully saturated rings. The smallest absolute Gasteiger partial charge is 0.187 e. The lowest BCUT2D eigenvalue weighted by Gasteiger charge is -2.29. The third-order valence-electron chi connectivity index (χ3n) is 3.24. The van der Waals surface area contributed by atoms with Crippen molar-refractivity contribution in [3.8, 4) is 0 Å². The first kappa shape index (κ1) is 15.5. The zero-order valence-corrected chi connectivity index (χ0v) is 12.7. The zero-order chi connectivity index (χ0) is 14.4. The fourth-order valence-corrected chi connectivity index (χ4v) is 2.10. The maximum Gasteiger partial charge on any atom is 0.187 e. The molecule has 1 aromatic carbocycles. The lowest BCUT2D eigenvalue weighted by Crippen LogP contribution is -2.32. The minimum Gasteiger partial charge on any atom is -0.372 e. The molecule has 104 valence electrons. The van der Waals surface area contributed by atoms with Gasteiger partial charge in [0, 0.05) is 29.9 Å². The van der Waals surface area contributed by atoms with Gasteiger partial charge >= 0.3 is 0 Å². The molecular formula is C17H25NO. The third-order valence-corrected chi connectivity index (χ3v) is 3.24. The Morgan fingerprint density at radius 2 is 1.63 bits per heavy atom. The molecule has 19 heavy (non-hydrogen) atoms. The molecule has 0 heterocycles. The SMILES string of the molecule is CCc1ccc(C(=O)/C=C/N(C(C)C)C(C)C)cc1. The van der Waals surface area contributed by atoms with Crippen molar-refractivity contribution in [1.82, 2.24) is 4.90 Å². The van der Waals surface area contributed by atoms with Crippen LogP contribution in [-0.2, 0) is 6.42 Å². The van der Waals surface area contributed by atoms with Crippen molar-refractivity contribution in [3.05, 3.63) is 47.7 Å². The first-order chi connectivity index (χ1) is 8.95. The lowest BCUT2D eigenvalue weighted by atomic mass is 10.1. The van der Waals surface area contributed by atoms with Gasteiger partial charge in [-0.2, -0.15) is 0 Å². The minimum absolute atomic E-state index is 0.0638. The molecule has 0 saturated heterocycles. The number of hydrogen-bond acceptors (Lipinski definition) is 2. The fourth-order valence-electron chi connectivity index (χ4n) is 2.10. The topological polar surface area (TPSA) is 20.3 Å². The van der Waals surface area contributed by atoms with E-state index >= 15 is 0 Å². The highest BCUT2D eigenvalue weighted by atomic mass is 16.1. The highest BCUT2D eigenvalue weighted by molar-refractivity contribution is 6.04. The molecular weight excluding hydrogens is 234 g/mol. The molecule has 1 rings (SSSR count). The number of allylic oxidation sites excluding steroid dienone is 1. The van der Waals surface area contributed by atoms with E-state index in [1.54, 1.807) is 6.08 Å². The van der Waals surface area contributed by atoms with Crippen molar-refractivity contribution in [2.75, 3.05) is 0 Å². The van der Waals surface area contributed by atoms with Gasteiger partial charge in [0.15, 0.2) is 5.78 Å². The first-order valence-electron chi connectivity index (χ1n) is 7.04. The van der Waals surface area contributed by atoms with Gasteiger partial charge in [0.1, 0.15) is 0 Å². The summed E-state index contributed by atoms with van der Waals surface area (Å²) in [5, 5.41) is 0. The molecule has 0 aliphatic rings. The van der Waals surface area contributed by atoms with Crippen LogP contribution in [0.25, 0.3) is 0 Å². The molecule has 1 aromatic rings. The maximum absolute atomic E-state index is 12.1. The van der Waals surface area contributed by atoms with Crippen LogP contribution in [0.5, 0.6) is 0 Å². The number of benzene rings is 1. The van der Waals surface area contributed by atoms with E-state index in [0.29, 0.717) is 12.1 Å². The number of hydrogen-bond donors (Lipinski definition) is 0. The lowest BCUT2D eigenvalue weighted by molar-refractivity contribution is 0.104. The van der Waals surface area contributed by atoms with E-state index in [0.717, 1.165) is 12.0 Å². The van der Waals surface area contributed by atoms with Crippen LogP contribution >= 0.6 is 0 Å². The molecule has 0 amide bonds. The highest BCUT2D eigenvalue weighted by Crippen LogP contribution is 2.09. The van der Waals surface area contributed by atoms with Crippen LogP contribution in [-0.4, -0.2) is 22.8 Å². The van der Waals surface area contributed by atoms with Crippen molar-refractivity contribution in [2.45, 2.75) is 53.1 Å². The van der Waals surface area contributed by atoms with Crippen LogP contribution in [0.15, 0.2) is 36.5 Å². The summed E-state index contributed by atoms with van der Waals surface area (Å²) in [4.78, 5) is 14.3. The van der Waals surface area contributed by atoms with Gasteiger partial charge in [0.2, 0.25) is 0 Å². The average molecular weight is 259 g/mol. The number of aryl methyl sites for hydroxylation is 1. The van der Waals surface area contributed by atoms with Crippen molar-refractivity contribution in [2.24, 2.45) is 0 Å². The summed E-state index contributed by atoms with van der Waals surface area (Å²) in [5.41, 5.74) is 2.01. The van der Waals surface area contributed by atoms with Crippen molar-refractivity contribution in [1.29, 1.82) is 0 Å². The Morgan fingerprint density at radius 3 is 2.05 bits per heavy atom. The van der Waals surface area contributed by atoms with Gasteiger partial charge in [-0.3, -0.25) is 4.79 Å². The number of carbonyl (C=O) groups excluding carboxylic acids is 1. The molecule has 0 unspecified atom stereocenters. The molecule has 0 bridgehead atoms. The highest BCUT2D eigenvalue weighted by Gasteiger charge is 2.09. The first-order valence-corrected chi connectivity index (χ1v) is 7.04. The second kappa shape index (κ2) is 7.13. The quantitative estimate of drug-likeness (QED) is 0.567. The number of rotatable bonds is 6. The number of carbonyl (C=O) groups is 1. The van der Waals surface area contributed by atoms with E-state index < -0.39 is 0 Å². The summed E-state index contributed by atoms with van der Waals surface area (Å²) in [6.45, 7) is 10.6. The van der Waals surface area contributed by atoms with Crippen LogP contribution in [0.1, 0.15) is 50.5 Å². The van der Waals surface area contributed by atoms with Gasteiger partial charge in [-0.25, -0.2) is 0 Å². The molecule has 2 heteroatoms. The van der Waals surface area contributed by atoms with E-state index in [1.807, 2.05) is 30.5 Å². The van der Waals surface area contributed by atoms with E-state index in [4.69, 9.17) is 0 Å².